The van der Waals surface area contributed by atoms with Crippen molar-refractivity contribution in [3.8, 4) is 0 Å². The van der Waals surface area contributed by atoms with Crippen LogP contribution in [0.5, 0.6) is 0 Å². The zero-order valence-electron chi connectivity index (χ0n) is 7.88. The van der Waals surface area contributed by atoms with Gasteiger partial charge in [-0.25, -0.2) is 0 Å². The van der Waals surface area contributed by atoms with E-state index >= 15 is 0 Å². The lowest BCUT2D eigenvalue weighted by Crippen LogP contribution is -2.16. The average Bonchev–Trinajstić information content (AvgIpc) is 2.78. The average molecular weight is 185 g/mol. The van der Waals surface area contributed by atoms with Crippen molar-refractivity contribution in [1.29, 1.82) is 0 Å². The van der Waals surface area contributed by atoms with Gasteiger partial charge in [-0.05, 0) is 18.4 Å². The normalized spacial score (nSPS) is 35.2. The van der Waals surface area contributed by atoms with Crippen LogP contribution in [-0.2, 0) is 9.47 Å². The van der Waals surface area contributed by atoms with Crippen molar-refractivity contribution in [3.63, 3.8) is 0 Å². The second-order valence-electron chi connectivity index (χ2n) is 4.16. The van der Waals surface area contributed by atoms with E-state index in [0.29, 0.717) is 12.2 Å². The zero-order valence-corrected chi connectivity index (χ0v) is 8.88. The molecule has 0 N–H and O–H groups in total. The molecule has 2 aliphatic rings. The number of hydrogen-bond acceptors (Lipinski definition) is 2. The SMILES string of the molecule is C[Si](C)C(CC1CO1)CC1CO1. The summed E-state index contributed by atoms with van der Waals surface area (Å²) >= 11 is 0. The Balaban J connectivity index is 1.74. The highest BCUT2D eigenvalue weighted by Gasteiger charge is 2.33. The molecule has 0 aromatic heterocycles. The molecule has 0 aromatic carbocycles. The fourth-order valence-corrected chi connectivity index (χ4v) is 3.08. The van der Waals surface area contributed by atoms with Gasteiger partial charge in [0.25, 0.3) is 0 Å². The Morgan fingerprint density at radius 2 is 1.58 bits per heavy atom. The van der Waals surface area contributed by atoms with Crippen LogP contribution < -0.4 is 0 Å². The molecule has 2 heterocycles. The van der Waals surface area contributed by atoms with Crippen molar-refractivity contribution in [1.82, 2.24) is 0 Å². The maximum atomic E-state index is 5.27. The lowest BCUT2D eigenvalue weighted by atomic mass is 10.1. The first kappa shape index (κ1) is 8.72. The predicted octanol–water partition coefficient (Wildman–Crippen LogP) is 1.69. The number of ether oxygens (including phenoxy) is 2. The van der Waals surface area contributed by atoms with Crippen LogP contribution in [0.1, 0.15) is 12.8 Å². The quantitative estimate of drug-likeness (QED) is 0.481. The second kappa shape index (κ2) is 3.48. The molecule has 2 aliphatic heterocycles. The summed E-state index contributed by atoms with van der Waals surface area (Å²) in [5.74, 6) is 0. The molecule has 0 amide bonds. The highest BCUT2D eigenvalue weighted by Crippen LogP contribution is 2.33. The van der Waals surface area contributed by atoms with E-state index in [-0.39, 0.29) is 8.80 Å². The van der Waals surface area contributed by atoms with E-state index < -0.39 is 0 Å². The first-order chi connectivity index (χ1) is 5.75. The molecule has 2 saturated heterocycles. The van der Waals surface area contributed by atoms with Crippen molar-refractivity contribution in [2.75, 3.05) is 13.2 Å². The Bertz CT molecular complexity index is 139. The van der Waals surface area contributed by atoms with Gasteiger partial charge in [0.1, 0.15) is 0 Å². The molecule has 0 spiro atoms. The Labute approximate surface area is 75.9 Å². The van der Waals surface area contributed by atoms with Crippen molar-refractivity contribution in [2.24, 2.45) is 0 Å². The molecule has 12 heavy (non-hydrogen) atoms. The first-order valence-corrected chi connectivity index (χ1v) is 7.36. The van der Waals surface area contributed by atoms with Crippen LogP contribution in [0.15, 0.2) is 0 Å². The van der Waals surface area contributed by atoms with E-state index in [9.17, 15) is 0 Å². The topological polar surface area (TPSA) is 25.1 Å². The summed E-state index contributed by atoms with van der Waals surface area (Å²) in [5, 5.41) is 0. The summed E-state index contributed by atoms with van der Waals surface area (Å²) in [6.07, 6.45) is 3.80. The molecule has 0 bridgehead atoms. The van der Waals surface area contributed by atoms with Crippen LogP contribution in [0.3, 0.4) is 0 Å². The van der Waals surface area contributed by atoms with Gasteiger partial charge in [-0.3, -0.25) is 0 Å². The molecule has 0 saturated carbocycles. The Hall–Kier alpha value is 0.137. The van der Waals surface area contributed by atoms with Crippen LogP contribution in [0.4, 0.5) is 0 Å². The standard InChI is InChI=1S/C9H17O2Si/c1-12(2)9(3-7-5-10-7)4-8-6-11-8/h7-9H,3-6H2,1-2H3. The third kappa shape index (κ3) is 2.57. The molecule has 0 aromatic rings. The lowest BCUT2D eigenvalue weighted by molar-refractivity contribution is 0.363. The molecule has 2 rings (SSSR count). The third-order valence-electron chi connectivity index (χ3n) is 2.72. The number of epoxide rings is 2. The Morgan fingerprint density at radius 1 is 1.17 bits per heavy atom. The third-order valence-corrected chi connectivity index (χ3v) is 4.82. The van der Waals surface area contributed by atoms with Crippen molar-refractivity contribution in [2.45, 2.75) is 43.7 Å². The van der Waals surface area contributed by atoms with Gasteiger partial charge in [-0.1, -0.05) is 13.1 Å². The molecule has 2 unspecified atom stereocenters. The van der Waals surface area contributed by atoms with E-state index in [1.54, 1.807) is 0 Å². The smallest absolute Gasteiger partial charge is 0.0809 e. The van der Waals surface area contributed by atoms with Crippen molar-refractivity contribution in [3.05, 3.63) is 0 Å². The molecule has 3 heteroatoms. The van der Waals surface area contributed by atoms with Crippen LogP contribution in [-0.4, -0.2) is 34.2 Å². The van der Waals surface area contributed by atoms with Crippen LogP contribution in [0.2, 0.25) is 18.6 Å². The van der Waals surface area contributed by atoms with Gasteiger partial charge in [0, 0.05) is 8.80 Å². The van der Waals surface area contributed by atoms with E-state index in [2.05, 4.69) is 13.1 Å². The molecule has 69 valence electrons. The predicted molar refractivity (Wildman–Crippen MR) is 49.9 cm³/mol. The number of rotatable bonds is 5. The van der Waals surface area contributed by atoms with Gasteiger partial charge in [-0.15, -0.1) is 0 Å². The van der Waals surface area contributed by atoms with E-state index in [1.165, 1.54) is 12.8 Å². The minimum absolute atomic E-state index is 0.143. The van der Waals surface area contributed by atoms with Gasteiger partial charge >= 0.3 is 0 Å². The molecule has 0 aliphatic carbocycles. The van der Waals surface area contributed by atoms with Gasteiger partial charge in [0.2, 0.25) is 0 Å². The van der Waals surface area contributed by atoms with Crippen LogP contribution in [0, 0.1) is 0 Å². The molecule has 1 radical (unpaired) electrons. The molecular formula is C9H17O2Si. The fraction of sp³-hybridized carbons (Fsp3) is 1.00. The maximum Gasteiger partial charge on any atom is 0.0809 e. The summed E-state index contributed by atoms with van der Waals surface area (Å²) in [6, 6.07) is 0. The Kier molecular flexibility index (Phi) is 2.53. The molecule has 2 fully saturated rings. The van der Waals surface area contributed by atoms with E-state index in [0.717, 1.165) is 18.8 Å². The minimum atomic E-state index is -0.143. The summed E-state index contributed by atoms with van der Waals surface area (Å²) in [6.45, 7) is 6.83. The molecule has 2 atom stereocenters. The molecular weight excluding hydrogens is 168 g/mol. The van der Waals surface area contributed by atoms with Crippen molar-refractivity contribution >= 4 is 8.80 Å². The zero-order chi connectivity index (χ0) is 8.55. The van der Waals surface area contributed by atoms with Gasteiger partial charge < -0.3 is 9.47 Å². The Morgan fingerprint density at radius 3 is 1.83 bits per heavy atom. The summed E-state index contributed by atoms with van der Waals surface area (Å²) < 4.78 is 10.5. The van der Waals surface area contributed by atoms with Gasteiger partial charge in [-0.2, -0.15) is 0 Å². The summed E-state index contributed by atoms with van der Waals surface area (Å²) in [7, 11) is -0.143. The second-order valence-corrected chi connectivity index (χ2v) is 7.13. The van der Waals surface area contributed by atoms with Crippen LogP contribution >= 0.6 is 0 Å². The van der Waals surface area contributed by atoms with E-state index in [4.69, 9.17) is 9.47 Å². The van der Waals surface area contributed by atoms with Crippen molar-refractivity contribution < 1.29 is 9.47 Å². The highest BCUT2D eigenvalue weighted by molar-refractivity contribution is 6.57. The van der Waals surface area contributed by atoms with E-state index in [1.807, 2.05) is 0 Å². The number of hydrogen-bond donors (Lipinski definition) is 0. The summed E-state index contributed by atoms with van der Waals surface area (Å²) in [4.78, 5) is 0. The fourth-order valence-electron chi connectivity index (χ4n) is 1.61. The van der Waals surface area contributed by atoms with Gasteiger partial charge in [0.15, 0.2) is 0 Å². The monoisotopic (exact) mass is 185 g/mol. The largest absolute Gasteiger partial charge is 0.373 e. The minimum Gasteiger partial charge on any atom is -0.373 e. The summed E-state index contributed by atoms with van der Waals surface area (Å²) in [5.41, 5.74) is 0.912. The van der Waals surface area contributed by atoms with Gasteiger partial charge in [0.05, 0.1) is 25.4 Å². The lowest BCUT2D eigenvalue weighted by Gasteiger charge is -2.16. The first-order valence-electron chi connectivity index (χ1n) is 4.79. The molecule has 2 nitrogen and oxygen atoms in total. The maximum absolute atomic E-state index is 5.27. The van der Waals surface area contributed by atoms with Crippen LogP contribution in [0.25, 0.3) is 0 Å². The highest BCUT2D eigenvalue weighted by atomic mass is 28.3.